The van der Waals surface area contributed by atoms with Crippen molar-refractivity contribution < 1.29 is 9.13 Å². The molecule has 1 aromatic heterocycles. The normalized spacial score (nSPS) is 18.5. The zero-order valence-electron chi connectivity index (χ0n) is 10.5. The number of fused-ring (bicyclic) bond motifs is 1. The molecule has 2 aromatic rings. The minimum Gasteiger partial charge on any atom is -0.483 e. The Labute approximate surface area is 122 Å². The SMILES string of the molecule is CN1Cc2ccsc2C(Oc2cccc(F)c2)C1.Cl. The van der Waals surface area contributed by atoms with Gasteiger partial charge in [0.25, 0.3) is 0 Å². The Morgan fingerprint density at radius 2 is 2.21 bits per heavy atom. The molecule has 5 heteroatoms. The maximum atomic E-state index is 13.1. The van der Waals surface area contributed by atoms with E-state index in [-0.39, 0.29) is 24.3 Å². The van der Waals surface area contributed by atoms with Crippen molar-refractivity contribution in [3.8, 4) is 5.75 Å². The molecule has 19 heavy (non-hydrogen) atoms. The Morgan fingerprint density at radius 3 is 3.00 bits per heavy atom. The van der Waals surface area contributed by atoms with Crippen LogP contribution >= 0.6 is 23.7 Å². The van der Waals surface area contributed by atoms with E-state index >= 15 is 0 Å². The lowest BCUT2D eigenvalue weighted by molar-refractivity contribution is 0.132. The number of hydrogen-bond acceptors (Lipinski definition) is 3. The molecule has 1 aliphatic heterocycles. The molecule has 0 fully saturated rings. The minimum atomic E-state index is -0.261. The third kappa shape index (κ3) is 3.08. The maximum Gasteiger partial charge on any atom is 0.146 e. The maximum absolute atomic E-state index is 13.1. The Morgan fingerprint density at radius 1 is 1.37 bits per heavy atom. The Hall–Kier alpha value is -1.10. The molecule has 102 valence electrons. The highest BCUT2D eigenvalue weighted by molar-refractivity contribution is 7.10. The molecule has 0 bridgehead atoms. The van der Waals surface area contributed by atoms with E-state index in [2.05, 4.69) is 23.4 Å². The molecule has 0 saturated heterocycles. The van der Waals surface area contributed by atoms with Crippen molar-refractivity contribution in [2.45, 2.75) is 12.6 Å². The second-order valence-electron chi connectivity index (χ2n) is 4.57. The molecule has 0 N–H and O–H groups in total. The molecular weight excluding hydrogens is 285 g/mol. The largest absolute Gasteiger partial charge is 0.483 e. The minimum absolute atomic E-state index is 0. The van der Waals surface area contributed by atoms with Gasteiger partial charge in [0.15, 0.2) is 0 Å². The molecule has 1 atom stereocenters. The lowest BCUT2D eigenvalue weighted by Gasteiger charge is -2.30. The van der Waals surface area contributed by atoms with E-state index in [4.69, 9.17) is 4.74 Å². The van der Waals surface area contributed by atoms with Gasteiger partial charge in [-0.3, -0.25) is 4.90 Å². The van der Waals surface area contributed by atoms with Crippen LogP contribution in [0, 0.1) is 5.82 Å². The molecule has 1 aromatic carbocycles. The summed E-state index contributed by atoms with van der Waals surface area (Å²) in [5, 5.41) is 2.09. The van der Waals surface area contributed by atoms with Gasteiger partial charge in [-0.05, 0) is 36.2 Å². The van der Waals surface area contributed by atoms with Gasteiger partial charge in [0.1, 0.15) is 17.7 Å². The number of benzene rings is 1. The van der Waals surface area contributed by atoms with E-state index in [0.29, 0.717) is 5.75 Å². The van der Waals surface area contributed by atoms with E-state index in [1.807, 2.05) is 0 Å². The number of likely N-dealkylation sites (N-methyl/N-ethyl adjacent to an activating group) is 1. The molecule has 3 rings (SSSR count). The van der Waals surface area contributed by atoms with Gasteiger partial charge >= 0.3 is 0 Å². The number of nitrogens with zero attached hydrogens (tertiary/aromatic N) is 1. The van der Waals surface area contributed by atoms with Crippen LogP contribution < -0.4 is 4.74 Å². The molecule has 2 nitrogen and oxygen atoms in total. The van der Waals surface area contributed by atoms with Crippen molar-refractivity contribution in [1.29, 1.82) is 0 Å². The smallest absolute Gasteiger partial charge is 0.146 e. The van der Waals surface area contributed by atoms with Crippen molar-refractivity contribution in [2.75, 3.05) is 13.6 Å². The first-order valence-electron chi connectivity index (χ1n) is 5.89. The summed E-state index contributed by atoms with van der Waals surface area (Å²) >= 11 is 1.71. The molecule has 1 aliphatic rings. The Bertz CT molecular complexity index is 560. The van der Waals surface area contributed by atoms with Gasteiger partial charge in [0, 0.05) is 19.2 Å². The van der Waals surface area contributed by atoms with Crippen molar-refractivity contribution in [3.63, 3.8) is 0 Å². The number of rotatable bonds is 2. The highest BCUT2D eigenvalue weighted by atomic mass is 35.5. The van der Waals surface area contributed by atoms with Crippen LogP contribution in [0.2, 0.25) is 0 Å². The topological polar surface area (TPSA) is 12.5 Å². The van der Waals surface area contributed by atoms with E-state index in [9.17, 15) is 4.39 Å². The lowest BCUT2D eigenvalue weighted by atomic mass is 10.1. The standard InChI is InChI=1S/C14H14FNOS.ClH/c1-16-8-10-5-6-18-14(10)13(9-16)17-12-4-2-3-11(15)7-12;/h2-7,13H,8-9H2,1H3;1H. The van der Waals surface area contributed by atoms with Crippen LogP contribution in [0.25, 0.3) is 0 Å². The lowest BCUT2D eigenvalue weighted by Crippen LogP contribution is -2.31. The molecule has 0 radical (unpaired) electrons. The molecule has 0 spiro atoms. The Balaban J connectivity index is 0.00000133. The van der Waals surface area contributed by atoms with E-state index in [1.165, 1.54) is 22.6 Å². The van der Waals surface area contributed by atoms with Gasteiger partial charge in [0.2, 0.25) is 0 Å². The zero-order chi connectivity index (χ0) is 12.5. The van der Waals surface area contributed by atoms with Crippen LogP contribution in [0.15, 0.2) is 35.7 Å². The average Bonchev–Trinajstić information content (AvgIpc) is 2.77. The molecule has 0 amide bonds. The van der Waals surface area contributed by atoms with Crippen molar-refractivity contribution >= 4 is 23.7 Å². The quantitative estimate of drug-likeness (QED) is 0.834. The number of thiophene rings is 1. The Kier molecular flexibility index (Phi) is 4.45. The van der Waals surface area contributed by atoms with Crippen molar-refractivity contribution in [2.24, 2.45) is 0 Å². The van der Waals surface area contributed by atoms with Gasteiger partial charge in [0.05, 0.1) is 4.88 Å². The van der Waals surface area contributed by atoms with Crippen LogP contribution in [0.5, 0.6) is 5.75 Å². The first-order valence-corrected chi connectivity index (χ1v) is 6.77. The molecule has 1 unspecified atom stereocenters. The fourth-order valence-electron chi connectivity index (χ4n) is 2.28. The van der Waals surface area contributed by atoms with Crippen LogP contribution in [0.3, 0.4) is 0 Å². The summed E-state index contributed by atoms with van der Waals surface area (Å²) in [6.45, 7) is 1.80. The first kappa shape index (κ1) is 14.3. The van der Waals surface area contributed by atoms with E-state index < -0.39 is 0 Å². The fourth-order valence-corrected chi connectivity index (χ4v) is 3.21. The summed E-state index contributed by atoms with van der Waals surface area (Å²) in [5.74, 6) is 0.331. The van der Waals surface area contributed by atoms with E-state index in [1.54, 1.807) is 23.5 Å². The van der Waals surface area contributed by atoms with Crippen LogP contribution in [0.1, 0.15) is 16.5 Å². The number of halogens is 2. The third-order valence-corrected chi connectivity index (χ3v) is 4.12. The van der Waals surface area contributed by atoms with Gasteiger partial charge in [-0.2, -0.15) is 0 Å². The van der Waals surface area contributed by atoms with Crippen molar-refractivity contribution in [3.05, 3.63) is 52.0 Å². The highest BCUT2D eigenvalue weighted by Crippen LogP contribution is 2.33. The molecule has 0 saturated carbocycles. The number of ether oxygens (including phenoxy) is 1. The second kappa shape index (κ2) is 5.90. The first-order chi connectivity index (χ1) is 8.72. The predicted molar refractivity (Wildman–Crippen MR) is 77.7 cm³/mol. The molecule has 2 heterocycles. The van der Waals surface area contributed by atoms with Crippen LogP contribution in [-0.4, -0.2) is 18.5 Å². The van der Waals surface area contributed by atoms with Gasteiger partial charge < -0.3 is 4.74 Å². The summed E-state index contributed by atoms with van der Waals surface area (Å²) in [7, 11) is 2.07. The van der Waals surface area contributed by atoms with E-state index in [0.717, 1.165) is 13.1 Å². The monoisotopic (exact) mass is 299 g/mol. The second-order valence-corrected chi connectivity index (χ2v) is 5.52. The van der Waals surface area contributed by atoms with Gasteiger partial charge in [-0.1, -0.05) is 6.07 Å². The summed E-state index contributed by atoms with van der Waals surface area (Å²) < 4.78 is 19.1. The third-order valence-electron chi connectivity index (χ3n) is 3.07. The predicted octanol–water partition coefficient (Wildman–Crippen LogP) is 3.87. The van der Waals surface area contributed by atoms with Gasteiger partial charge in [-0.25, -0.2) is 4.39 Å². The highest BCUT2D eigenvalue weighted by Gasteiger charge is 2.26. The zero-order valence-corrected chi connectivity index (χ0v) is 12.1. The summed E-state index contributed by atoms with van der Waals surface area (Å²) in [4.78, 5) is 3.48. The summed E-state index contributed by atoms with van der Waals surface area (Å²) in [6, 6.07) is 8.47. The number of hydrogen-bond donors (Lipinski definition) is 0. The van der Waals surface area contributed by atoms with Crippen molar-refractivity contribution in [1.82, 2.24) is 4.90 Å². The summed E-state index contributed by atoms with van der Waals surface area (Å²) in [5.41, 5.74) is 1.31. The summed E-state index contributed by atoms with van der Waals surface area (Å²) in [6.07, 6.45) is 0.000509. The van der Waals surface area contributed by atoms with Gasteiger partial charge in [-0.15, -0.1) is 23.7 Å². The van der Waals surface area contributed by atoms with Crippen LogP contribution in [0.4, 0.5) is 4.39 Å². The van der Waals surface area contributed by atoms with Crippen LogP contribution in [-0.2, 0) is 6.54 Å². The average molecular weight is 300 g/mol. The molecule has 0 aliphatic carbocycles. The molecular formula is C14H15ClFNOS. The fraction of sp³-hybridized carbons (Fsp3) is 0.286.